The second kappa shape index (κ2) is 4.70. The van der Waals surface area contributed by atoms with Crippen molar-refractivity contribution in [2.24, 2.45) is 0 Å². The first-order chi connectivity index (χ1) is 5.29. The SMILES string of the molecule is CC(F)CCN1CCCCC1. The van der Waals surface area contributed by atoms with Crippen LogP contribution in [-0.2, 0) is 0 Å². The maximum Gasteiger partial charge on any atom is 0.0985 e. The average molecular weight is 159 g/mol. The van der Waals surface area contributed by atoms with Crippen LogP contribution in [-0.4, -0.2) is 30.7 Å². The quantitative estimate of drug-likeness (QED) is 0.610. The number of hydrogen-bond donors (Lipinski definition) is 0. The lowest BCUT2D eigenvalue weighted by Crippen LogP contribution is -2.31. The zero-order valence-electron chi connectivity index (χ0n) is 7.35. The number of likely N-dealkylation sites (tertiary alicyclic amines) is 1. The summed E-state index contributed by atoms with van der Waals surface area (Å²) >= 11 is 0. The molecule has 11 heavy (non-hydrogen) atoms. The van der Waals surface area contributed by atoms with Crippen molar-refractivity contribution in [3.8, 4) is 0 Å². The fourth-order valence-corrected chi connectivity index (χ4v) is 1.54. The van der Waals surface area contributed by atoms with Crippen molar-refractivity contribution < 1.29 is 4.39 Å². The Labute approximate surface area is 68.6 Å². The highest BCUT2D eigenvalue weighted by molar-refractivity contribution is 4.65. The normalized spacial score (nSPS) is 23.5. The summed E-state index contributed by atoms with van der Waals surface area (Å²) in [6, 6.07) is 0. The molecule has 1 nitrogen and oxygen atoms in total. The standard InChI is InChI=1S/C9H18FN/c1-9(10)5-8-11-6-3-2-4-7-11/h9H,2-8H2,1H3. The molecule has 0 aromatic carbocycles. The van der Waals surface area contributed by atoms with Crippen molar-refractivity contribution in [3.05, 3.63) is 0 Å². The largest absolute Gasteiger partial charge is 0.303 e. The van der Waals surface area contributed by atoms with Gasteiger partial charge >= 0.3 is 0 Å². The van der Waals surface area contributed by atoms with E-state index in [9.17, 15) is 4.39 Å². The summed E-state index contributed by atoms with van der Waals surface area (Å²) in [5, 5.41) is 0. The van der Waals surface area contributed by atoms with E-state index in [2.05, 4.69) is 4.90 Å². The molecule has 66 valence electrons. The summed E-state index contributed by atoms with van der Waals surface area (Å²) in [5.41, 5.74) is 0. The Bertz CT molecular complexity index is 97.7. The molecule has 0 saturated carbocycles. The van der Waals surface area contributed by atoms with Crippen LogP contribution in [0.25, 0.3) is 0 Å². The molecule has 1 rings (SSSR count). The van der Waals surface area contributed by atoms with Gasteiger partial charge in [-0.3, -0.25) is 0 Å². The Morgan fingerprint density at radius 3 is 2.45 bits per heavy atom. The van der Waals surface area contributed by atoms with Crippen molar-refractivity contribution in [2.75, 3.05) is 19.6 Å². The molecule has 0 aromatic heterocycles. The van der Waals surface area contributed by atoms with Crippen LogP contribution in [0.3, 0.4) is 0 Å². The van der Waals surface area contributed by atoms with Gasteiger partial charge in [0.1, 0.15) is 0 Å². The Morgan fingerprint density at radius 2 is 1.91 bits per heavy atom. The van der Waals surface area contributed by atoms with Crippen LogP contribution in [0.5, 0.6) is 0 Å². The van der Waals surface area contributed by atoms with Gasteiger partial charge in [0.05, 0.1) is 6.17 Å². The third kappa shape index (κ3) is 3.71. The van der Waals surface area contributed by atoms with Crippen molar-refractivity contribution in [1.82, 2.24) is 4.90 Å². The zero-order valence-corrected chi connectivity index (χ0v) is 7.35. The number of halogens is 1. The van der Waals surface area contributed by atoms with E-state index >= 15 is 0 Å². The number of piperidine rings is 1. The molecule has 0 amide bonds. The zero-order chi connectivity index (χ0) is 8.10. The summed E-state index contributed by atoms with van der Waals surface area (Å²) in [5.74, 6) is 0. The van der Waals surface area contributed by atoms with Gasteiger partial charge in [-0.15, -0.1) is 0 Å². The van der Waals surface area contributed by atoms with Gasteiger partial charge in [0.25, 0.3) is 0 Å². The van der Waals surface area contributed by atoms with E-state index in [-0.39, 0.29) is 0 Å². The second-order valence-electron chi connectivity index (χ2n) is 3.47. The Kier molecular flexibility index (Phi) is 3.84. The molecule has 1 atom stereocenters. The number of alkyl halides is 1. The van der Waals surface area contributed by atoms with Crippen molar-refractivity contribution in [1.29, 1.82) is 0 Å². The van der Waals surface area contributed by atoms with E-state index in [1.54, 1.807) is 6.92 Å². The van der Waals surface area contributed by atoms with Gasteiger partial charge in [0.15, 0.2) is 0 Å². The van der Waals surface area contributed by atoms with Crippen LogP contribution >= 0.6 is 0 Å². The molecular weight excluding hydrogens is 141 g/mol. The monoisotopic (exact) mass is 159 g/mol. The summed E-state index contributed by atoms with van der Waals surface area (Å²) < 4.78 is 12.4. The molecule has 0 spiro atoms. The van der Waals surface area contributed by atoms with Crippen LogP contribution in [0.1, 0.15) is 32.6 Å². The predicted octanol–water partition coefficient (Wildman–Crippen LogP) is 2.22. The van der Waals surface area contributed by atoms with Gasteiger partial charge in [-0.05, 0) is 39.3 Å². The van der Waals surface area contributed by atoms with Crippen LogP contribution in [0, 0.1) is 0 Å². The number of hydrogen-bond acceptors (Lipinski definition) is 1. The molecule has 0 aromatic rings. The van der Waals surface area contributed by atoms with E-state index in [1.165, 1.54) is 32.4 Å². The van der Waals surface area contributed by atoms with Gasteiger partial charge in [0.2, 0.25) is 0 Å². The van der Waals surface area contributed by atoms with Crippen molar-refractivity contribution >= 4 is 0 Å². The van der Waals surface area contributed by atoms with E-state index in [4.69, 9.17) is 0 Å². The molecule has 1 aliphatic heterocycles. The lowest BCUT2D eigenvalue weighted by atomic mass is 10.1. The lowest BCUT2D eigenvalue weighted by molar-refractivity contribution is 0.201. The fraction of sp³-hybridized carbons (Fsp3) is 1.00. The third-order valence-electron chi connectivity index (χ3n) is 2.29. The first kappa shape index (κ1) is 8.98. The molecule has 0 N–H and O–H groups in total. The van der Waals surface area contributed by atoms with Gasteiger partial charge in [-0.2, -0.15) is 0 Å². The molecule has 1 saturated heterocycles. The minimum absolute atomic E-state index is 0.628. The van der Waals surface area contributed by atoms with Gasteiger partial charge in [-0.25, -0.2) is 4.39 Å². The summed E-state index contributed by atoms with van der Waals surface area (Å²) in [6.07, 6.45) is 4.06. The molecule has 1 aliphatic rings. The Balaban J connectivity index is 2.05. The maximum atomic E-state index is 12.4. The Hall–Kier alpha value is -0.110. The van der Waals surface area contributed by atoms with Gasteiger partial charge in [0, 0.05) is 6.54 Å². The third-order valence-corrected chi connectivity index (χ3v) is 2.29. The highest BCUT2D eigenvalue weighted by Crippen LogP contribution is 2.09. The minimum Gasteiger partial charge on any atom is -0.303 e. The van der Waals surface area contributed by atoms with Crippen molar-refractivity contribution in [2.45, 2.75) is 38.8 Å². The van der Waals surface area contributed by atoms with Gasteiger partial charge < -0.3 is 4.90 Å². The highest BCUT2D eigenvalue weighted by Gasteiger charge is 2.10. The van der Waals surface area contributed by atoms with E-state index in [0.29, 0.717) is 6.42 Å². The van der Waals surface area contributed by atoms with E-state index in [0.717, 1.165) is 6.54 Å². The molecule has 0 radical (unpaired) electrons. The maximum absolute atomic E-state index is 12.4. The first-order valence-electron chi connectivity index (χ1n) is 4.65. The predicted molar refractivity (Wildman–Crippen MR) is 45.5 cm³/mol. The number of rotatable bonds is 3. The summed E-state index contributed by atoms with van der Waals surface area (Å²) in [6.45, 7) is 4.97. The molecule has 1 fully saturated rings. The van der Waals surface area contributed by atoms with Crippen LogP contribution < -0.4 is 0 Å². The van der Waals surface area contributed by atoms with Gasteiger partial charge in [-0.1, -0.05) is 6.42 Å². The molecule has 0 aliphatic carbocycles. The fourth-order valence-electron chi connectivity index (χ4n) is 1.54. The number of nitrogens with zero attached hydrogens (tertiary/aromatic N) is 1. The molecule has 2 heteroatoms. The first-order valence-corrected chi connectivity index (χ1v) is 4.65. The molecule has 0 bridgehead atoms. The minimum atomic E-state index is -0.628. The molecular formula is C9H18FN. The summed E-state index contributed by atoms with van der Waals surface area (Å²) in [7, 11) is 0. The van der Waals surface area contributed by atoms with E-state index in [1.807, 2.05) is 0 Å². The molecule has 1 unspecified atom stereocenters. The average Bonchev–Trinajstić information content (AvgIpc) is 2.03. The van der Waals surface area contributed by atoms with E-state index < -0.39 is 6.17 Å². The second-order valence-corrected chi connectivity index (χ2v) is 3.47. The molecule has 1 heterocycles. The smallest absolute Gasteiger partial charge is 0.0985 e. The highest BCUT2D eigenvalue weighted by atomic mass is 19.1. The van der Waals surface area contributed by atoms with Crippen molar-refractivity contribution in [3.63, 3.8) is 0 Å². The van der Waals surface area contributed by atoms with Crippen LogP contribution in [0.4, 0.5) is 4.39 Å². The lowest BCUT2D eigenvalue weighted by Gasteiger charge is -2.26. The topological polar surface area (TPSA) is 3.24 Å². The van der Waals surface area contributed by atoms with Crippen LogP contribution in [0.2, 0.25) is 0 Å². The Morgan fingerprint density at radius 1 is 1.27 bits per heavy atom. The summed E-state index contributed by atoms with van der Waals surface area (Å²) in [4.78, 5) is 2.37. The van der Waals surface area contributed by atoms with Crippen LogP contribution in [0.15, 0.2) is 0 Å².